The molecule has 0 saturated heterocycles. The van der Waals surface area contributed by atoms with Crippen LogP contribution in [-0.2, 0) is 13.1 Å². The van der Waals surface area contributed by atoms with Crippen LogP contribution >= 0.6 is 0 Å². The van der Waals surface area contributed by atoms with Crippen LogP contribution in [0, 0.1) is 12.3 Å². The second-order valence-corrected chi connectivity index (χ2v) is 5.11. The lowest BCUT2D eigenvalue weighted by Gasteiger charge is -2.18. The van der Waals surface area contributed by atoms with E-state index in [9.17, 15) is 0 Å². The van der Waals surface area contributed by atoms with E-state index < -0.39 is 0 Å². The van der Waals surface area contributed by atoms with Gasteiger partial charge in [-0.2, -0.15) is 0 Å². The first-order valence-corrected chi connectivity index (χ1v) is 6.77. The highest BCUT2D eigenvalue weighted by molar-refractivity contribution is 5.39. The Morgan fingerprint density at radius 2 is 1.40 bits per heavy atom. The fourth-order valence-electron chi connectivity index (χ4n) is 2.15. The molecular weight excluding hydrogens is 252 g/mol. The number of hydrogen-bond donors (Lipinski definition) is 2. The van der Waals surface area contributed by atoms with Crippen molar-refractivity contribution in [3.05, 3.63) is 34.9 Å². The molecule has 0 saturated carbocycles. The molecule has 1 rings (SSSR count). The molecule has 0 spiro atoms. The Balaban J connectivity index is 2.83. The quantitative estimate of drug-likeness (QED) is 0.680. The van der Waals surface area contributed by atoms with E-state index in [4.69, 9.17) is 16.6 Å². The molecule has 0 aliphatic carbocycles. The second-order valence-electron chi connectivity index (χ2n) is 5.11. The van der Waals surface area contributed by atoms with Gasteiger partial charge in [-0.1, -0.05) is 12.0 Å². The molecule has 1 aromatic carbocycles. The molecular formula is C16H24N2O2. The van der Waals surface area contributed by atoms with Crippen molar-refractivity contribution in [1.29, 1.82) is 0 Å². The minimum absolute atomic E-state index is 0.150. The topological polar surface area (TPSA) is 46.9 Å². The van der Waals surface area contributed by atoms with E-state index >= 15 is 0 Å². The van der Waals surface area contributed by atoms with Crippen molar-refractivity contribution in [3.63, 3.8) is 0 Å². The maximum absolute atomic E-state index is 8.94. The summed E-state index contributed by atoms with van der Waals surface area (Å²) in [5.41, 5.74) is 3.15. The number of likely N-dealkylation sites (N-methyl/N-ethyl adjacent to an activating group) is 2. The molecule has 0 aromatic heterocycles. The van der Waals surface area contributed by atoms with Crippen LogP contribution in [0.4, 0.5) is 0 Å². The Kier molecular flexibility index (Phi) is 7.27. The molecule has 110 valence electrons. The standard InChI is InChI=1S/C16H24N2O2/c1-4-14-9-15(12-17(2)5-7-19)11-16(10-14)13-18(3)6-8-20/h1,9-11,19-20H,5-8,12-13H2,2-3H3. The van der Waals surface area contributed by atoms with E-state index in [1.54, 1.807) is 0 Å². The maximum Gasteiger partial charge on any atom is 0.0558 e. The molecule has 2 N–H and O–H groups in total. The lowest BCUT2D eigenvalue weighted by molar-refractivity contribution is 0.216. The number of terminal acetylenes is 1. The Morgan fingerprint density at radius 3 is 1.75 bits per heavy atom. The van der Waals surface area contributed by atoms with Crippen LogP contribution in [0.2, 0.25) is 0 Å². The summed E-state index contributed by atoms with van der Waals surface area (Å²) in [6.45, 7) is 3.09. The van der Waals surface area contributed by atoms with Crippen LogP contribution in [-0.4, -0.2) is 60.4 Å². The zero-order valence-electron chi connectivity index (χ0n) is 12.3. The van der Waals surface area contributed by atoms with E-state index in [1.807, 2.05) is 26.2 Å². The summed E-state index contributed by atoms with van der Waals surface area (Å²) in [4.78, 5) is 4.10. The Labute approximate surface area is 121 Å². The van der Waals surface area contributed by atoms with Gasteiger partial charge in [0.25, 0.3) is 0 Å². The van der Waals surface area contributed by atoms with Crippen LogP contribution in [0.15, 0.2) is 18.2 Å². The molecule has 0 heterocycles. The van der Waals surface area contributed by atoms with Crippen LogP contribution in [0.1, 0.15) is 16.7 Å². The van der Waals surface area contributed by atoms with Gasteiger partial charge in [-0.05, 0) is 37.4 Å². The van der Waals surface area contributed by atoms with Crippen molar-refractivity contribution in [2.75, 3.05) is 40.4 Å². The van der Waals surface area contributed by atoms with Gasteiger partial charge in [0, 0.05) is 31.7 Å². The number of rotatable bonds is 8. The third kappa shape index (κ3) is 5.72. The summed E-state index contributed by atoms with van der Waals surface area (Å²) in [7, 11) is 3.94. The average Bonchev–Trinajstić information content (AvgIpc) is 2.38. The second kappa shape index (κ2) is 8.72. The predicted octanol–water partition coefficient (Wildman–Crippen LogP) is 0.516. The number of benzene rings is 1. The highest BCUT2D eigenvalue weighted by Crippen LogP contribution is 2.13. The van der Waals surface area contributed by atoms with E-state index in [0.29, 0.717) is 13.1 Å². The summed E-state index contributed by atoms with van der Waals surface area (Å²) >= 11 is 0. The number of hydrogen-bond acceptors (Lipinski definition) is 4. The summed E-state index contributed by atoms with van der Waals surface area (Å²) in [5.74, 6) is 2.68. The van der Waals surface area contributed by atoms with Gasteiger partial charge in [-0.3, -0.25) is 9.80 Å². The SMILES string of the molecule is C#Cc1cc(CN(C)CCO)cc(CN(C)CCO)c1. The van der Waals surface area contributed by atoms with Gasteiger partial charge in [-0.15, -0.1) is 6.42 Å². The van der Waals surface area contributed by atoms with Gasteiger partial charge in [-0.25, -0.2) is 0 Å². The molecule has 0 atom stereocenters. The first-order valence-electron chi connectivity index (χ1n) is 6.77. The number of aliphatic hydroxyl groups excluding tert-OH is 2. The normalized spacial score (nSPS) is 11.1. The van der Waals surface area contributed by atoms with Crippen LogP contribution in [0.5, 0.6) is 0 Å². The Hall–Kier alpha value is -1.38. The first-order chi connectivity index (χ1) is 9.58. The molecule has 0 fully saturated rings. The zero-order valence-corrected chi connectivity index (χ0v) is 12.3. The lowest BCUT2D eigenvalue weighted by atomic mass is 10.0. The summed E-state index contributed by atoms with van der Waals surface area (Å²) in [5, 5.41) is 17.9. The molecule has 1 aromatic rings. The minimum Gasteiger partial charge on any atom is -0.395 e. The fourth-order valence-corrected chi connectivity index (χ4v) is 2.15. The van der Waals surface area contributed by atoms with Gasteiger partial charge >= 0.3 is 0 Å². The van der Waals surface area contributed by atoms with E-state index in [0.717, 1.165) is 29.8 Å². The third-order valence-electron chi connectivity index (χ3n) is 3.09. The maximum atomic E-state index is 8.94. The van der Waals surface area contributed by atoms with Crippen molar-refractivity contribution in [2.24, 2.45) is 0 Å². The summed E-state index contributed by atoms with van der Waals surface area (Å²) < 4.78 is 0. The molecule has 4 heteroatoms. The van der Waals surface area contributed by atoms with Crippen molar-refractivity contribution in [1.82, 2.24) is 9.80 Å². The molecule has 4 nitrogen and oxygen atoms in total. The molecule has 20 heavy (non-hydrogen) atoms. The highest BCUT2D eigenvalue weighted by atomic mass is 16.3. The summed E-state index contributed by atoms with van der Waals surface area (Å²) in [6, 6.07) is 6.13. The van der Waals surface area contributed by atoms with Crippen molar-refractivity contribution < 1.29 is 10.2 Å². The van der Waals surface area contributed by atoms with Crippen LogP contribution < -0.4 is 0 Å². The Morgan fingerprint density at radius 1 is 0.950 bits per heavy atom. The minimum atomic E-state index is 0.150. The van der Waals surface area contributed by atoms with Crippen LogP contribution in [0.25, 0.3) is 0 Å². The molecule has 0 unspecified atom stereocenters. The van der Waals surface area contributed by atoms with Gasteiger partial charge in [0.15, 0.2) is 0 Å². The molecule has 0 aliphatic rings. The monoisotopic (exact) mass is 276 g/mol. The largest absolute Gasteiger partial charge is 0.395 e. The molecule has 0 radical (unpaired) electrons. The Bertz CT molecular complexity index is 422. The fraction of sp³-hybridized carbons (Fsp3) is 0.500. The zero-order chi connectivity index (χ0) is 15.0. The van der Waals surface area contributed by atoms with Gasteiger partial charge in [0.1, 0.15) is 0 Å². The summed E-state index contributed by atoms with van der Waals surface area (Å²) in [6.07, 6.45) is 5.51. The predicted molar refractivity (Wildman–Crippen MR) is 81.2 cm³/mol. The lowest BCUT2D eigenvalue weighted by Crippen LogP contribution is -2.23. The third-order valence-corrected chi connectivity index (χ3v) is 3.09. The first kappa shape index (κ1) is 16.7. The molecule has 0 amide bonds. The van der Waals surface area contributed by atoms with E-state index in [-0.39, 0.29) is 13.2 Å². The van der Waals surface area contributed by atoms with Crippen molar-refractivity contribution >= 4 is 0 Å². The molecule has 0 bridgehead atoms. The smallest absolute Gasteiger partial charge is 0.0558 e. The van der Waals surface area contributed by atoms with Gasteiger partial charge in [0.2, 0.25) is 0 Å². The van der Waals surface area contributed by atoms with E-state index in [1.165, 1.54) is 0 Å². The van der Waals surface area contributed by atoms with Crippen molar-refractivity contribution in [2.45, 2.75) is 13.1 Å². The number of nitrogens with zero attached hydrogens (tertiary/aromatic N) is 2. The van der Waals surface area contributed by atoms with Gasteiger partial charge < -0.3 is 10.2 Å². The average molecular weight is 276 g/mol. The van der Waals surface area contributed by atoms with Crippen molar-refractivity contribution in [3.8, 4) is 12.3 Å². The number of aliphatic hydroxyl groups is 2. The van der Waals surface area contributed by atoms with E-state index in [2.05, 4.69) is 21.8 Å². The van der Waals surface area contributed by atoms with Crippen LogP contribution in [0.3, 0.4) is 0 Å². The molecule has 0 aliphatic heterocycles. The van der Waals surface area contributed by atoms with Gasteiger partial charge in [0.05, 0.1) is 13.2 Å². The highest BCUT2D eigenvalue weighted by Gasteiger charge is 2.05.